The monoisotopic (exact) mass is 688 g/mol. The van der Waals surface area contributed by atoms with E-state index in [9.17, 15) is 29.1 Å². The first-order valence-electron chi connectivity index (χ1n) is 17.2. The average Bonchev–Trinajstić information content (AvgIpc) is 3.44. The number of carbonyl (C=O) groups excluding carboxylic acids is 2. The first-order chi connectivity index (χ1) is 24.2. The molecule has 0 bridgehead atoms. The zero-order valence-corrected chi connectivity index (χ0v) is 28.8. The second kappa shape index (κ2) is 18.6. The Bertz CT molecular complexity index is 1860. The predicted octanol–water partition coefficient (Wildman–Crippen LogP) is 2.24. The highest BCUT2D eigenvalue weighted by atomic mass is 16.4. The summed E-state index contributed by atoms with van der Waals surface area (Å²) in [4.78, 5) is 69.1. The van der Waals surface area contributed by atoms with Crippen LogP contribution < -0.4 is 32.9 Å². The number of likely N-dealkylation sites (N-methyl/N-ethyl adjacent to an activating group) is 1. The van der Waals surface area contributed by atoms with E-state index in [1.807, 2.05) is 48.7 Å². The molecular weight excluding hydrogens is 640 g/mol. The number of hydrogen-bond acceptors (Lipinski definition) is 8. The van der Waals surface area contributed by atoms with E-state index < -0.39 is 35.9 Å². The lowest BCUT2D eigenvalue weighted by molar-refractivity contribution is -0.139. The van der Waals surface area contributed by atoms with Gasteiger partial charge in [0.25, 0.3) is 5.56 Å². The summed E-state index contributed by atoms with van der Waals surface area (Å²) >= 11 is 0. The van der Waals surface area contributed by atoms with Gasteiger partial charge in [0.15, 0.2) is 11.2 Å². The minimum absolute atomic E-state index is 0.144. The Kier molecular flexibility index (Phi) is 14.1. The van der Waals surface area contributed by atoms with Gasteiger partial charge >= 0.3 is 11.7 Å². The van der Waals surface area contributed by atoms with Crippen molar-refractivity contribution in [2.24, 2.45) is 5.73 Å². The van der Waals surface area contributed by atoms with E-state index >= 15 is 0 Å². The smallest absolute Gasteiger partial charge is 0.332 e. The number of imidazole rings is 1. The molecule has 2 aromatic heterocycles. The van der Waals surface area contributed by atoms with Crippen molar-refractivity contribution in [2.45, 2.75) is 84.5 Å². The van der Waals surface area contributed by atoms with Gasteiger partial charge in [-0.15, -0.1) is 0 Å². The molecule has 2 amide bonds. The Morgan fingerprint density at radius 2 is 1.64 bits per heavy atom. The van der Waals surface area contributed by atoms with Crippen molar-refractivity contribution in [3.63, 3.8) is 0 Å². The van der Waals surface area contributed by atoms with E-state index in [4.69, 9.17) is 10.7 Å². The second-order valence-electron chi connectivity index (χ2n) is 12.2. The third kappa shape index (κ3) is 9.98. The number of nitrogens with one attached hydrogen (secondary N) is 3. The SMILES string of the molecule is CCCn1c(=O)c2c(nc(Cc3ccccc3)n2CCNCC)n(CCc2ccc(NC(=O)C(CC(=O)O)NC(=O)CCCCN)cc2)c1=O. The van der Waals surface area contributed by atoms with Gasteiger partial charge in [-0.2, -0.15) is 0 Å². The minimum atomic E-state index is -1.24. The van der Waals surface area contributed by atoms with E-state index in [0.29, 0.717) is 74.4 Å². The molecule has 0 aliphatic heterocycles. The van der Waals surface area contributed by atoms with Crippen molar-refractivity contribution in [1.82, 2.24) is 29.3 Å². The zero-order chi connectivity index (χ0) is 36.0. The van der Waals surface area contributed by atoms with Crippen LogP contribution in [0.15, 0.2) is 64.2 Å². The van der Waals surface area contributed by atoms with Crippen LogP contribution >= 0.6 is 0 Å². The predicted molar refractivity (Wildman–Crippen MR) is 192 cm³/mol. The van der Waals surface area contributed by atoms with E-state index in [0.717, 1.165) is 17.7 Å². The number of carboxylic acid groups (broad SMARTS) is 1. The van der Waals surface area contributed by atoms with Crippen molar-refractivity contribution in [1.29, 1.82) is 0 Å². The number of carbonyl (C=O) groups is 3. The molecule has 0 saturated heterocycles. The molecule has 4 aromatic rings. The van der Waals surface area contributed by atoms with E-state index in [1.165, 1.54) is 4.57 Å². The third-order valence-electron chi connectivity index (χ3n) is 8.34. The summed E-state index contributed by atoms with van der Waals surface area (Å²) in [5.74, 6) is -1.57. The fraction of sp³-hybridized carbons (Fsp3) is 0.444. The maximum absolute atomic E-state index is 13.8. The highest BCUT2D eigenvalue weighted by Gasteiger charge is 2.24. The van der Waals surface area contributed by atoms with Gasteiger partial charge in [-0.05, 0) is 62.0 Å². The summed E-state index contributed by atoms with van der Waals surface area (Å²) in [6, 6.07) is 15.6. The number of amides is 2. The number of hydrogen-bond donors (Lipinski definition) is 5. The lowest BCUT2D eigenvalue weighted by atomic mass is 10.1. The topological polar surface area (TPSA) is 195 Å². The summed E-state index contributed by atoms with van der Waals surface area (Å²) in [5, 5.41) is 17.8. The Hall–Kier alpha value is -5.08. The Labute approximate surface area is 290 Å². The molecule has 6 N–H and O–H groups in total. The molecule has 0 aliphatic carbocycles. The van der Waals surface area contributed by atoms with Crippen LogP contribution in [0, 0.1) is 0 Å². The number of benzene rings is 2. The number of aliphatic carboxylic acids is 1. The van der Waals surface area contributed by atoms with Gasteiger partial charge in [-0.1, -0.05) is 56.3 Å². The highest BCUT2D eigenvalue weighted by Crippen LogP contribution is 2.17. The van der Waals surface area contributed by atoms with Crippen molar-refractivity contribution < 1.29 is 19.5 Å². The number of unbranched alkanes of at least 4 members (excludes halogenated alkanes) is 1. The number of nitrogens with zero attached hydrogens (tertiary/aromatic N) is 4. The molecule has 14 nitrogen and oxygen atoms in total. The average molecular weight is 689 g/mol. The van der Waals surface area contributed by atoms with Gasteiger partial charge in [-0.25, -0.2) is 9.78 Å². The van der Waals surface area contributed by atoms with Crippen LogP contribution in [0.25, 0.3) is 11.2 Å². The van der Waals surface area contributed by atoms with Crippen LogP contribution in [-0.2, 0) is 46.9 Å². The number of aryl methyl sites for hydroxylation is 2. The number of nitrogens with two attached hydrogens (primary N) is 1. The summed E-state index contributed by atoms with van der Waals surface area (Å²) in [6.45, 7) is 6.86. The summed E-state index contributed by atoms with van der Waals surface area (Å²) in [7, 11) is 0. The summed E-state index contributed by atoms with van der Waals surface area (Å²) in [5.41, 5.74) is 7.80. The van der Waals surface area contributed by atoms with Crippen LogP contribution in [0.5, 0.6) is 0 Å². The molecule has 0 aliphatic rings. The Morgan fingerprint density at radius 1 is 0.900 bits per heavy atom. The molecule has 0 spiro atoms. The van der Waals surface area contributed by atoms with Gasteiger partial charge in [0.2, 0.25) is 11.8 Å². The van der Waals surface area contributed by atoms with E-state index in [2.05, 4.69) is 16.0 Å². The lowest BCUT2D eigenvalue weighted by Crippen LogP contribution is -2.45. The molecule has 1 atom stereocenters. The largest absolute Gasteiger partial charge is 0.481 e. The van der Waals surface area contributed by atoms with Crippen LogP contribution in [0.4, 0.5) is 5.69 Å². The molecule has 0 radical (unpaired) electrons. The molecule has 268 valence electrons. The highest BCUT2D eigenvalue weighted by molar-refractivity contribution is 5.99. The van der Waals surface area contributed by atoms with E-state index in [1.54, 1.807) is 28.8 Å². The van der Waals surface area contributed by atoms with E-state index in [-0.39, 0.29) is 25.1 Å². The van der Waals surface area contributed by atoms with Crippen LogP contribution in [0.1, 0.15) is 62.9 Å². The molecule has 14 heteroatoms. The molecule has 2 heterocycles. The van der Waals surface area contributed by atoms with Gasteiger partial charge in [0, 0.05) is 44.7 Å². The fourth-order valence-corrected chi connectivity index (χ4v) is 5.79. The number of fused-ring (bicyclic) bond motifs is 1. The van der Waals surface area contributed by atoms with Crippen LogP contribution in [0.2, 0.25) is 0 Å². The molecule has 0 fully saturated rings. The van der Waals surface area contributed by atoms with Crippen molar-refractivity contribution in [2.75, 3.05) is 25.0 Å². The van der Waals surface area contributed by atoms with Gasteiger partial charge < -0.3 is 31.4 Å². The molecule has 0 saturated carbocycles. The number of carboxylic acids is 1. The van der Waals surface area contributed by atoms with Crippen LogP contribution in [-0.4, -0.2) is 67.3 Å². The molecule has 50 heavy (non-hydrogen) atoms. The molecular formula is C36H48N8O6. The summed E-state index contributed by atoms with van der Waals surface area (Å²) in [6.07, 6.45) is 2.32. The second-order valence-corrected chi connectivity index (χ2v) is 12.2. The van der Waals surface area contributed by atoms with Gasteiger partial charge in [0.1, 0.15) is 11.9 Å². The molecule has 2 aromatic carbocycles. The van der Waals surface area contributed by atoms with Crippen molar-refractivity contribution >= 4 is 34.6 Å². The first kappa shape index (κ1) is 37.7. The third-order valence-corrected chi connectivity index (χ3v) is 8.34. The van der Waals surface area contributed by atoms with Crippen LogP contribution in [0.3, 0.4) is 0 Å². The minimum Gasteiger partial charge on any atom is -0.481 e. The molecule has 1 unspecified atom stereocenters. The first-order valence-corrected chi connectivity index (χ1v) is 17.2. The Morgan fingerprint density at radius 3 is 2.30 bits per heavy atom. The van der Waals surface area contributed by atoms with Crippen molar-refractivity contribution in [3.05, 3.63) is 92.4 Å². The number of anilines is 1. The maximum Gasteiger partial charge on any atom is 0.332 e. The Balaban J connectivity index is 1.58. The van der Waals surface area contributed by atoms with Gasteiger partial charge in [-0.3, -0.25) is 28.3 Å². The molecule has 4 rings (SSSR count). The lowest BCUT2D eigenvalue weighted by Gasteiger charge is -2.17. The van der Waals surface area contributed by atoms with Gasteiger partial charge in [0.05, 0.1) is 6.42 Å². The standard InChI is InChI=1S/C36H48N8O6/c1-3-20-44-35(49)32-33(41-29(42(32)22-19-38-4-2)23-26-10-6-5-7-11-26)43(36(44)50)21-17-25-13-15-27(16-14-25)39-34(48)28(24-31(46)47)40-30(45)12-8-9-18-37/h5-7,10-11,13-16,28,38H,3-4,8-9,12,17-24,37H2,1-2H3,(H,39,48)(H,40,45)(H,46,47). The zero-order valence-electron chi connectivity index (χ0n) is 28.8. The van der Waals surface area contributed by atoms with Crippen molar-refractivity contribution in [3.8, 4) is 0 Å². The maximum atomic E-state index is 13.8. The normalized spacial score (nSPS) is 11.8. The summed E-state index contributed by atoms with van der Waals surface area (Å²) < 4.78 is 4.81. The quantitative estimate of drug-likeness (QED) is 0.0866. The number of aromatic nitrogens is 4. The fourth-order valence-electron chi connectivity index (χ4n) is 5.79. The number of rotatable bonds is 20.